The summed E-state index contributed by atoms with van der Waals surface area (Å²) in [5.41, 5.74) is 18.0. The molecule has 4 heterocycles. The van der Waals surface area contributed by atoms with E-state index in [1.165, 1.54) is 82.5 Å². The normalized spacial score (nSPS) is 13.5. The number of benzene rings is 6. The molecule has 176 valence electrons. The minimum Gasteiger partial charge on any atom is -0.310 e. The third-order valence-corrected chi connectivity index (χ3v) is 9.51. The summed E-state index contributed by atoms with van der Waals surface area (Å²) in [6.07, 6.45) is 0. The van der Waals surface area contributed by atoms with E-state index in [1.807, 2.05) is 0 Å². The molecule has 10 rings (SSSR count). The van der Waals surface area contributed by atoms with Crippen molar-refractivity contribution in [3.8, 4) is 27.9 Å². The average Bonchev–Trinajstić information content (AvgIpc) is 3.64. The van der Waals surface area contributed by atoms with Gasteiger partial charge in [0.1, 0.15) is 0 Å². The van der Waals surface area contributed by atoms with E-state index in [-0.39, 0.29) is 13.4 Å². The Bertz CT molecular complexity index is 2210. The van der Waals surface area contributed by atoms with Crippen LogP contribution >= 0.6 is 0 Å². The smallest absolute Gasteiger partial charge is 0.245 e. The molecule has 3 aliphatic heterocycles. The van der Waals surface area contributed by atoms with Crippen LogP contribution in [0.25, 0.3) is 49.7 Å². The van der Waals surface area contributed by atoms with E-state index in [2.05, 4.69) is 132 Å². The van der Waals surface area contributed by atoms with Gasteiger partial charge in [0.2, 0.25) is 13.4 Å². The SMILES string of the molecule is c1ccc2c(c1)B1c3c(cccc3-2)B2c3ccccc3-c3cccc(c32)-n2c3ccccc3c3cccc1c32. The summed E-state index contributed by atoms with van der Waals surface area (Å²) in [7, 11) is 0. The van der Waals surface area contributed by atoms with Crippen molar-refractivity contribution >= 4 is 68.0 Å². The number of nitrogens with zero attached hydrogens (tertiary/aromatic N) is 1. The number of hydrogen-bond donors (Lipinski definition) is 0. The second-order valence-corrected chi connectivity index (χ2v) is 11.2. The van der Waals surface area contributed by atoms with Crippen molar-refractivity contribution in [3.05, 3.63) is 127 Å². The summed E-state index contributed by atoms with van der Waals surface area (Å²) in [5, 5.41) is 2.65. The molecule has 3 heteroatoms. The van der Waals surface area contributed by atoms with E-state index in [0.717, 1.165) is 0 Å². The number of fused-ring (bicyclic) bond motifs is 12. The van der Waals surface area contributed by atoms with Gasteiger partial charge in [-0.1, -0.05) is 137 Å². The molecule has 0 saturated heterocycles. The molecule has 0 amide bonds. The molecule has 0 atom stereocenters. The molecule has 0 fully saturated rings. The predicted molar refractivity (Wildman–Crippen MR) is 167 cm³/mol. The van der Waals surface area contributed by atoms with Crippen molar-refractivity contribution < 1.29 is 0 Å². The maximum Gasteiger partial charge on any atom is 0.245 e. The first-order chi connectivity index (χ1) is 19.4. The van der Waals surface area contributed by atoms with Gasteiger partial charge in [-0.2, -0.15) is 0 Å². The van der Waals surface area contributed by atoms with Crippen LogP contribution in [-0.4, -0.2) is 18.0 Å². The standard InChI is InChI=1S/C36H21B2N/c1-5-17-29-22(10-1)25-13-7-18-30-34(25)38(29)31-19-8-15-27-24-12-3-6-20-32(24)39(36(27)31)33-21-9-14-26-23-11-2-4-16-28(23)37(30)35(26)33/h1-21H. The minimum atomic E-state index is 0.185. The molecule has 39 heavy (non-hydrogen) atoms. The Morgan fingerprint density at radius 2 is 0.923 bits per heavy atom. The lowest BCUT2D eigenvalue weighted by molar-refractivity contribution is 1.20. The van der Waals surface area contributed by atoms with Crippen LogP contribution in [0.3, 0.4) is 0 Å². The first-order valence-electron chi connectivity index (χ1n) is 13.9. The molecule has 0 N–H and O–H groups in total. The Hall–Kier alpha value is -4.75. The fraction of sp³-hybridized carbons (Fsp3) is 0. The first kappa shape index (κ1) is 20.2. The summed E-state index contributed by atoms with van der Waals surface area (Å²) in [6, 6.07) is 48.1. The van der Waals surface area contributed by atoms with Gasteiger partial charge in [0, 0.05) is 22.0 Å². The zero-order valence-electron chi connectivity index (χ0n) is 21.2. The third kappa shape index (κ3) is 2.32. The molecule has 0 unspecified atom stereocenters. The summed E-state index contributed by atoms with van der Waals surface area (Å²) >= 11 is 0. The van der Waals surface area contributed by atoms with Gasteiger partial charge in [-0.25, -0.2) is 0 Å². The molecule has 1 aromatic heterocycles. The van der Waals surface area contributed by atoms with E-state index >= 15 is 0 Å². The average molecular weight is 489 g/mol. The summed E-state index contributed by atoms with van der Waals surface area (Å²) in [4.78, 5) is 0. The number of para-hydroxylation sites is 2. The Labute approximate surface area is 227 Å². The summed E-state index contributed by atoms with van der Waals surface area (Å²) < 4.78 is 2.59. The van der Waals surface area contributed by atoms with E-state index < -0.39 is 0 Å². The zero-order chi connectivity index (χ0) is 25.2. The molecular weight excluding hydrogens is 468 g/mol. The lowest BCUT2D eigenvalue weighted by Gasteiger charge is -2.19. The lowest BCUT2D eigenvalue weighted by Crippen LogP contribution is -2.61. The van der Waals surface area contributed by atoms with Crippen LogP contribution in [0.5, 0.6) is 0 Å². The van der Waals surface area contributed by atoms with Crippen LogP contribution in [0.15, 0.2) is 127 Å². The van der Waals surface area contributed by atoms with Crippen molar-refractivity contribution in [2.24, 2.45) is 0 Å². The second-order valence-electron chi connectivity index (χ2n) is 11.2. The highest BCUT2D eigenvalue weighted by Crippen LogP contribution is 2.35. The van der Waals surface area contributed by atoms with Gasteiger partial charge in [0.15, 0.2) is 0 Å². The summed E-state index contributed by atoms with van der Waals surface area (Å²) in [5.74, 6) is 0. The molecule has 0 saturated carbocycles. The monoisotopic (exact) mass is 489 g/mol. The summed E-state index contributed by atoms with van der Waals surface area (Å²) in [6.45, 7) is 0.370. The van der Waals surface area contributed by atoms with E-state index in [4.69, 9.17) is 0 Å². The highest BCUT2D eigenvalue weighted by Gasteiger charge is 2.44. The molecule has 6 aromatic carbocycles. The largest absolute Gasteiger partial charge is 0.310 e. The van der Waals surface area contributed by atoms with Crippen LogP contribution in [0.1, 0.15) is 0 Å². The van der Waals surface area contributed by atoms with Crippen LogP contribution < -0.4 is 32.8 Å². The number of hydrogen-bond acceptors (Lipinski definition) is 0. The molecule has 7 aromatic rings. The van der Waals surface area contributed by atoms with Gasteiger partial charge in [0.05, 0.1) is 5.52 Å². The van der Waals surface area contributed by atoms with Gasteiger partial charge in [-0.15, -0.1) is 0 Å². The minimum absolute atomic E-state index is 0.185. The molecule has 3 aliphatic rings. The molecule has 0 radical (unpaired) electrons. The van der Waals surface area contributed by atoms with E-state index in [0.29, 0.717) is 0 Å². The molecule has 0 spiro atoms. The molecule has 1 nitrogen and oxygen atoms in total. The second kappa shape index (κ2) is 7.01. The third-order valence-electron chi connectivity index (χ3n) is 9.51. The van der Waals surface area contributed by atoms with Crippen LogP contribution in [0, 0.1) is 0 Å². The molecular formula is C36H21B2N. The van der Waals surface area contributed by atoms with Crippen molar-refractivity contribution in [3.63, 3.8) is 0 Å². The van der Waals surface area contributed by atoms with Crippen LogP contribution in [0.2, 0.25) is 0 Å². The van der Waals surface area contributed by atoms with Crippen LogP contribution in [0.4, 0.5) is 0 Å². The fourth-order valence-electron chi connectivity index (χ4n) is 8.15. The topological polar surface area (TPSA) is 4.93 Å². The van der Waals surface area contributed by atoms with E-state index in [1.54, 1.807) is 0 Å². The molecule has 0 aliphatic carbocycles. The van der Waals surface area contributed by atoms with Gasteiger partial charge < -0.3 is 4.57 Å². The Morgan fingerprint density at radius 3 is 1.74 bits per heavy atom. The Morgan fingerprint density at radius 1 is 0.385 bits per heavy atom. The highest BCUT2D eigenvalue weighted by atomic mass is 15.0. The highest BCUT2D eigenvalue weighted by molar-refractivity contribution is 7.08. The maximum absolute atomic E-state index is 2.59. The lowest BCUT2D eigenvalue weighted by atomic mass is 9.30. The maximum atomic E-state index is 2.59. The van der Waals surface area contributed by atoms with Gasteiger partial charge >= 0.3 is 0 Å². The Balaban J connectivity index is 1.51. The number of rotatable bonds is 0. The van der Waals surface area contributed by atoms with Crippen LogP contribution in [-0.2, 0) is 0 Å². The van der Waals surface area contributed by atoms with Crippen molar-refractivity contribution in [1.29, 1.82) is 0 Å². The fourth-order valence-corrected chi connectivity index (χ4v) is 8.15. The molecule has 0 bridgehead atoms. The van der Waals surface area contributed by atoms with Crippen molar-refractivity contribution in [2.75, 3.05) is 0 Å². The zero-order valence-corrected chi connectivity index (χ0v) is 21.2. The van der Waals surface area contributed by atoms with Gasteiger partial charge in [-0.3, -0.25) is 0 Å². The Kier molecular flexibility index (Phi) is 3.64. The van der Waals surface area contributed by atoms with Gasteiger partial charge in [-0.05, 0) is 45.3 Å². The van der Waals surface area contributed by atoms with Crippen molar-refractivity contribution in [1.82, 2.24) is 4.57 Å². The first-order valence-corrected chi connectivity index (χ1v) is 13.9. The van der Waals surface area contributed by atoms with E-state index in [9.17, 15) is 0 Å². The van der Waals surface area contributed by atoms with Crippen molar-refractivity contribution in [2.45, 2.75) is 0 Å². The number of aromatic nitrogens is 1. The van der Waals surface area contributed by atoms with Gasteiger partial charge in [0.25, 0.3) is 0 Å². The quantitative estimate of drug-likeness (QED) is 0.283. The predicted octanol–water partition coefficient (Wildman–Crippen LogP) is 4.09.